The zero-order valence-corrected chi connectivity index (χ0v) is 14.6. The lowest BCUT2D eigenvalue weighted by atomic mass is 10.2. The second-order valence-electron chi connectivity index (χ2n) is 5.83. The number of methoxy groups -OCH3 is 1. The van der Waals surface area contributed by atoms with Crippen molar-refractivity contribution in [3.63, 3.8) is 0 Å². The highest BCUT2D eigenvalue weighted by Crippen LogP contribution is 2.24. The number of benzene rings is 1. The molecule has 1 aromatic carbocycles. The van der Waals surface area contributed by atoms with Crippen molar-refractivity contribution in [2.45, 2.75) is 24.7 Å². The summed E-state index contributed by atoms with van der Waals surface area (Å²) in [6, 6.07) is 8.46. The number of nitrogens with zero attached hydrogens (tertiary/aromatic N) is 2. The van der Waals surface area contributed by atoms with Crippen LogP contribution in [0.3, 0.4) is 0 Å². The van der Waals surface area contributed by atoms with E-state index in [9.17, 15) is 8.42 Å². The summed E-state index contributed by atoms with van der Waals surface area (Å²) in [7, 11) is -2.13. The van der Waals surface area contributed by atoms with Gasteiger partial charge in [0.2, 0.25) is 0 Å². The number of rotatable bonds is 5. The Balaban J connectivity index is 1.79. The zero-order valence-electron chi connectivity index (χ0n) is 13.8. The fourth-order valence-electron chi connectivity index (χ4n) is 2.85. The third-order valence-corrected chi connectivity index (χ3v) is 5.64. The molecule has 1 aliphatic rings. The minimum absolute atomic E-state index is 0.216. The van der Waals surface area contributed by atoms with Crippen molar-refractivity contribution in [3.8, 4) is 5.75 Å². The predicted octanol–water partition coefficient (Wildman–Crippen LogP) is 2.80. The zero-order chi connectivity index (χ0) is 17.2. The van der Waals surface area contributed by atoms with Crippen LogP contribution in [0.15, 0.2) is 41.4 Å². The first-order chi connectivity index (χ1) is 11.5. The van der Waals surface area contributed by atoms with E-state index in [1.54, 1.807) is 38.4 Å². The molecule has 7 heteroatoms. The molecular formula is C17H21N3O3S. The molecule has 0 radical (unpaired) electrons. The number of aryl methyl sites for hydroxylation is 1. The number of ether oxygens (including phenoxy) is 1. The summed E-state index contributed by atoms with van der Waals surface area (Å²) in [5, 5.41) is 0. The summed E-state index contributed by atoms with van der Waals surface area (Å²) >= 11 is 0. The van der Waals surface area contributed by atoms with Crippen molar-refractivity contribution in [3.05, 3.63) is 42.1 Å². The maximum atomic E-state index is 12.6. The number of hydrogen-bond donors (Lipinski definition) is 1. The van der Waals surface area contributed by atoms with Gasteiger partial charge < -0.3 is 9.64 Å². The maximum Gasteiger partial charge on any atom is 0.263 e. The number of nitrogens with one attached hydrogen (secondary N) is 1. The fraction of sp³-hybridized carbons (Fsp3) is 0.353. The molecule has 0 saturated carbocycles. The van der Waals surface area contributed by atoms with Crippen molar-refractivity contribution in [2.24, 2.45) is 0 Å². The van der Waals surface area contributed by atoms with Gasteiger partial charge in [0.15, 0.2) is 0 Å². The number of pyridine rings is 1. The first-order valence-corrected chi connectivity index (χ1v) is 9.36. The van der Waals surface area contributed by atoms with Crippen LogP contribution in [-0.4, -0.2) is 33.6 Å². The van der Waals surface area contributed by atoms with Crippen LogP contribution >= 0.6 is 0 Å². The highest BCUT2D eigenvalue weighted by atomic mass is 32.2. The Hall–Kier alpha value is -2.28. The van der Waals surface area contributed by atoms with E-state index in [-0.39, 0.29) is 4.90 Å². The van der Waals surface area contributed by atoms with Crippen LogP contribution in [0.4, 0.5) is 11.5 Å². The molecular weight excluding hydrogens is 326 g/mol. The van der Waals surface area contributed by atoms with Gasteiger partial charge in [-0.1, -0.05) is 0 Å². The molecule has 128 valence electrons. The molecule has 0 amide bonds. The number of anilines is 2. The maximum absolute atomic E-state index is 12.6. The molecule has 0 spiro atoms. The van der Waals surface area contributed by atoms with Crippen molar-refractivity contribution in [2.75, 3.05) is 29.8 Å². The SMILES string of the molecule is COc1ccc(S(=O)(=O)Nc2ccc(N3CCCC3)cn2)c(C)c1. The molecule has 0 aliphatic carbocycles. The summed E-state index contributed by atoms with van der Waals surface area (Å²) in [5.74, 6) is 0.938. The van der Waals surface area contributed by atoms with Gasteiger partial charge in [0.25, 0.3) is 10.0 Å². The fourth-order valence-corrected chi connectivity index (χ4v) is 4.09. The Kier molecular flexibility index (Phi) is 4.62. The van der Waals surface area contributed by atoms with E-state index in [0.717, 1.165) is 18.8 Å². The standard InChI is InChI=1S/C17H21N3O3S/c1-13-11-15(23-2)6-7-16(13)24(21,22)19-17-8-5-14(12-18-17)20-9-3-4-10-20/h5-8,11-12H,3-4,9-10H2,1-2H3,(H,18,19). The Bertz CT molecular complexity index is 813. The lowest BCUT2D eigenvalue weighted by Gasteiger charge is -2.17. The van der Waals surface area contributed by atoms with Gasteiger partial charge in [-0.3, -0.25) is 4.72 Å². The van der Waals surface area contributed by atoms with E-state index in [2.05, 4.69) is 14.6 Å². The van der Waals surface area contributed by atoms with Gasteiger partial charge in [-0.05, 0) is 55.7 Å². The van der Waals surface area contributed by atoms with E-state index in [4.69, 9.17) is 4.74 Å². The van der Waals surface area contributed by atoms with E-state index in [1.165, 1.54) is 18.9 Å². The highest BCUT2D eigenvalue weighted by Gasteiger charge is 2.18. The summed E-state index contributed by atoms with van der Waals surface area (Å²) in [5.41, 5.74) is 1.65. The van der Waals surface area contributed by atoms with Crippen LogP contribution < -0.4 is 14.4 Å². The molecule has 1 aromatic heterocycles. The molecule has 0 atom stereocenters. The average Bonchev–Trinajstić information content (AvgIpc) is 3.09. The van der Waals surface area contributed by atoms with Crippen LogP contribution in [0.5, 0.6) is 5.75 Å². The summed E-state index contributed by atoms with van der Waals surface area (Å²) in [6.45, 7) is 3.79. The highest BCUT2D eigenvalue weighted by molar-refractivity contribution is 7.92. The van der Waals surface area contributed by atoms with E-state index < -0.39 is 10.0 Å². The van der Waals surface area contributed by atoms with Crippen LogP contribution in [0, 0.1) is 6.92 Å². The molecule has 3 rings (SSSR count). The van der Waals surface area contributed by atoms with Gasteiger partial charge in [0.05, 0.1) is 23.9 Å². The topological polar surface area (TPSA) is 71.5 Å². The Morgan fingerprint density at radius 2 is 1.92 bits per heavy atom. The van der Waals surface area contributed by atoms with Crippen molar-refractivity contribution >= 4 is 21.5 Å². The van der Waals surface area contributed by atoms with E-state index in [1.807, 2.05) is 6.07 Å². The molecule has 1 fully saturated rings. The Morgan fingerprint density at radius 1 is 1.17 bits per heavy atom. The third kappa shape index (κ3) is 3.46. The van der Waals surface area contributed by atoms with E-state index >= 15 is 0 Å². The first-order valence-electron chi connectivity index (χ1n) is 7.88. The largest absolute Gasteiger partial charge is 0.497 e. The molecule has 0 bridgehead atoms. The van der Waals surface area contributed by atoms with E-state index in [0.29, 0.717) is 17.1 Å². The Morgan fingerprint density at radius 3 is 2.50 bits per heavy atom. The van der Waals surface area contributed by atoms with Gasteiger partial charge in [0.1, 0.15) is 11.6 Å². The molecule has 2 heterocycles. The minimum Gasteiger partial charge on any atom is -0.497 e. The quantitative estimate of drug-likeness (QED) is 0.900. The van der Waals surface area contributed by atoms with Crippen molar-refractivity contribution < 1.29 is 13.2 Å². The summed E-state index contributed by atoms with van der Waals surface area (Å²) < 4.78 is 32.8. The first kappa shape index (κ1) is 16.6. The molecule has 2 aromatic rings. The Labute approximate surface area is 142 Å². The van der Waals surface area contributed by atoms with Crippen molar-refractivity contribution in [1.82, 2.24) is 4.98 Å². The molecule has 1 aliphatic heterocycles. The molecule has 1 saturated heterocycles. The van der Waals surface area contributed by atoms with Gasteiger partial charge in [-0.15, -0.1) is 0 Å². The number of sulfonamides is 1. The third-order valence-electron chi connectivity index (χ3n) is 4.13. The van der Waals surface area contributed by atoms with Crippen LogP contribution in [-0.2, 0) is 10.0 Å². The molecule has 24 heavy (non-hydrogen) atoms. The number of hydrogen-bond acceptors (Lipinski definition) is 5. The molecule has 6 nitrogen and oxygen atoms in total. The molecule has 1 N–H and O–H groups in total. The lowest BCUT2D eigenvalue weighted by molar-refractivity contribution is 0.414. The van der Waals surface area contributed by atoms with Crippen LogP contribution in [0.25, 0.3) is 0 Å². The minimum atomic E-state index is -3.68. The van der Waals surface area contributed by atoms with Crippen LogP contribution in [0.2, 0.25) is 0 Å². The van der Waals surface area contributed by atoms with Crippen molar-refractivity contribution in [1.29, 1.82) is 0 Å². The monoisotopic (exact) mass is 347 g/mol. The predicted molar refractivity (Wildman–Crippen MR) is 94.2 cm³/mol. The lowest BCUT2D eigenvalue weighted by Crippen LogP contribution is -2.18. The van der Waals surface area contributed by atoms with Gasteiger partial charge in [0, 0.05) is 13.1 Å². The second kappa shape index (κ2) is 6.68. The van der Waals surface area contributed by atoms with Gasteiger partial charge in [-0.25, -0.2) is 13.4 Å². The van der Waals surface area contributed by atoms with Gasteiger partial charge >= 0.3 is 0 Å². The normalized spacial score (nSPS) is 14.7. The average molecular weight is 347 g/mol. The second-order valence-corrected chi connectivity index (χ2v) is 7.48. The summed E-state index contributed by atoms with van der Waals surface area (Å²) in [4.78, 5) is 6.71. The van der Waals surface area contributed by atoms with Crippen LogP contribution in [0.1, 0.15) is 18.4 Å². The smallest absolute Gasteiger partial charge is 0.263 e. The summed E-state index contributed by atoms with van der Waals surface area (Å²) in [6.07, 6.45) is 4.08. The molecule has 0 unspecified atom stereocenters. The van der Waals surface area contributed by atoms with Gasteiger partial charge in [-0.2, -0.15) is 0 Å². The number of aromatic nitrogens is 1.